The average Bonchev–Trinajstić information content (AvgIpc) is 2.03. The Morgan fingerprint density at radius 3 is 3.00 bits per heavy atom. The number of pyridine rings is 1. The lowest BCUT2D eigenvalue weighted by Gasteiger charge is -1.97. The summed E-state index contributed by atoms with van der Waals surface area (Å²) in [4.78, 5) is 15.5. The minimum atomic E-state index is -0.194. The lowest BCUT2D eigenvalue weighted by atomic mass is 10.3. The molecule has 0 saturated carbocycles. The van der Waals surface area contributed by atoms with Gasteiger partial charge in [0.05, 0.1) is 0 Å². The normalized spacial score (nSPS) is 9.27. The summed E-state index contributed by atoms with van der Waals surface area (Å²) in [6, 6.07) is 3.33. The van der Waals surface area contributed by atoms with Gasteiger partial charge in [0.2, 0.25) is 0 Å². The first-order chi connectivity index (χ1) is 5.24. The van der Waals surface area contributed by atoms with Crippen molar-refractivity contribution in [1.29, 1.82) is 0 Å². The van der Waals surface area contributed by atoms with Crippen LogP contribution in [0.2, 0.25) is 0 Å². The molecule has 11 heavy (non-hydrogen) atoms. The standard InChI is InChI=1S/C7H8N2OS/c1-8-7(10)6-4-5(11)2-3-9-6/h2-4H,1H3,(H,8,10)(H,9,11). The number of hydrogen-bond donors (Lipinski definition) is 2. The summed E-state index contributed by atoms with van der Waals surface area (Å²) in [5.74, 6) is -0.194. The summed E-state index contributed by atoms with van der Waals surface area (Å²) in [6.45, 7) is 0. The van der Waals surface area contributed by atoms with Crippen LogP contribution in [0.25, 0.3) is 0 Å². The molecule has 1 aromatic rings. The molecule has 0 fully saturated rings. The Balaban J connectivity index is 2.96. The van der Waals surface area contributed by atoms with Crippen LogP contribution in [-0.4, -0.2) is 17.9 Å². The predicted octanol–water partition coefficient (Wildman–Crippen LogP) is 0.730. The van der Waals surface area contributed by atoms with Crippen LogP contribution in [0.4, 0.5) is 0 Å². The van der Waals surface area contributed by atoms with Crippen LogP contribution in [0.3, 0.4) is 0 Å². The molecule has 0 saturated heterocycles. The number of carbonyl (C=O) groups is 1. The van der Waals surface area contributed by atoms with Gasteiger partial charge in [0.25, 0.3) is 5.91 Å². The number of amides is 1. The zero-order valence-corrected chi connectivity index (χ0v) is 6.93. The van der Waals surface area contributed by atoms with E-state index in [4.69, 9.17) is 0 Å². The summed E-state index contributed by atoms with van der Waals surface area (Å²) < 4.78 is 0. The number of carbonyl (C=O) groups excluding carboxylic acids is 1. The summed E-state index contributed by atoms with van der Waals surface area (Å²) in [6.07, 6.45) is 1.55. The monoisotopic (exact) mass is 168 g/mol. The topological polar surface area (TPSA) is 42.0 Å². The summed E-state index contributed by atoms with van der Waals surface area (Å²) in [7, 11) is 1.56. The van der Waals surface area contributed by atoms with Gasteiger partial charge in [0.1, 0.15) is 5.69 Å². The van der Waals surface area contributed by atoms with Crippen LogP contribution >= 0.6 is 12.6 Å². The molecule has 1 aromatic heterocycles. The molecule has 1 amide bonds. The van der Waals surface area contributed by atoms with E-state index in [1.165, 1.54) is 0 Å². The molecule has 3 nitrogen and oxygen atoms in total. The summed E-state index contributed by atoms with van der Waals surface area (Å²) in [5, 5.41) is 2.47. The number of hydrogen-bond acceptors (Lipinski definition) is 3. The van der Waals surface area contributed by atoms with E-state index in [0.717, 1.165) is 4.90 Å². The highest BCUT2D eigenvalue weighted by atomic mass is 32.1. The second-order valence-electron chi connectivity index (χ2n) is 1.98. The third-order valence-electron chi connectivity index (χ3n) is 1.20. The van der Waals surface area contributed by atoms with Crippen molar-refractivity contribution in [3.05, 3.63) is 24.0 Å². The van der Waals surface area contributed by atoms with Crippen LogP contribution in [0.5, 0.6) is 0 Å². The maximum absolute atomic E-state index is 11.0. The van der Waals surface area contributed by atoms with Crippen molar-refractivity contribution in [2.45, 2.75) is 4.90 Å². The zero-order valence-electron chi connectivity index (χ0n) is 6.03. The molecular weight excluding hydrogens is 160 g/mol. The number of thiol groups is 1. The Morgan fingerprint density at radius 1 is 1.73 bits per heavy atom. The molecule has 1 heterocycles. The largest absolute Gasteiger partial charge is 0.354 e. The van der Waals surface area contributed by atoms with E-state index in [1.807, 2.05) is 0 Å². The summed E-state index contributed by atoms with van der Waals surface area (Å²) >= 11 is 4.07. The summed E-state index contributed by atoms with van der Waals surface area (Å²) in [5.41, 5.74) is 0.389. The highest BCUT2D eigenvalue weighted by Gasteiger charge is 2.02. The lowest BCUT2D eigenvalue weighted by molar-refractivity contribution is 0.0958. The lowest BCUT2D eigenvalue weighted by Crippen LogP contribution is -2.18. The molecule has 1 N–H and O–H groups in total. The Morgan fingerprint density at radius 2 is 2.45 bits per heavy atom. The van der Waals surface area contributed by atoms with Gasteiger partial charge in [0, 0.05) is 18.1 Å². The molecule has 0 aliphatic carbocycles. The molecule has 0 unspecified atom stereocenters. The Bertz CT molecular complexity index is 275. The van der Waals surface area contributed by atoms with Crippen molar-refractivity contribution in [2.24, 2.45) is 0 Å². The Kier molecular flexibility index (Phi) is 2.48. The maximum Gasteiger partial charge on any atom is 0.269 e. The van der Waals surface area contributed by atoms with Crippen LogP contribution in [0.1, 0.15) is 10.5 Å². The van der Waals surface area contributed by atoms with Crippen LogP contribution in [0.15, 0.2) is 23.2 Å². The van der Waals surface area contributed by atoms with Gasteiger partial charge in [-0.25, -0.2) is 0 Å². The SMILES string of the molecule is CNC(=O)c1cc(S)ccn1. The fourth-order valence-corrected chi connectivity index (χ4v) is 0.861. The smallest absolute Gasteiger partial charge is 0.269 e. The minimum absolute atomic E-state index is 0.194. The van der Waals surface area contributed by atoms with Crippen molar-refractivity contribution < 1.29 is 4.79 Å². The van der Waals surface area contributed by atoms with Crippen LogP contribution in [-0.2, 0) is 0 Å². The fourth-order valence-electron chi connectivity index (χ4n) is 0.672. The van der Waals surface area contributed by atoms with Crippen molar-refractivity contribution in [1.82, 2.24) is 10.3 Å². The maximum atomic E-state index is 11.0. The molecule has 0 atom stereocenters. The number of aromatic nitrogens is 1. The van der Waals surface area contributed by atoms with Crippen molar-refractivity contribution >= 4 is 18.5 Å². The van der Waals surface area contributed by atoms with Crippen LogP contribution < -0.4 is 5.32 Å². The van der Waals surface area contributed by atoms with E-state index >= 15 is 0 Å². The van der Waals surface area contributed by atoms with Crippen molar-refractivity contribution in [3.8, 4) is 0 Å². The second kappa shape index (κ2) is 3.39. The van der Waals surface area contributed by atoms with Gasteiger partial charge in [-0.1, -0.05) is 0 Å². The molecule has 58 valence electrons. The zero-order chi connectivity index (χ0) is 8.27. The first-order valence-corrected chi connectivity index (χ1v) is 3.56. The minimum Gasteiger partial charge on any atom is -0.354 e. The van der Waals surface area contributed by atoms with E-state index in [-0.39, 0.29) is 5.91 Å². The fraction of sp³-hybridized carbons (Fsp3) is 0.143. The second-order valence-corrected chi connectivity index (χ2v) is 2.49. The first kappa shape index (κ1) is 8.07. The van der Waals surface area contributed by atoms with Crippen LogP contribution in [0, 0.1) is 0 Å². The van der Waals surface area contributed by atoms with Crippen molar-refractivity contribution in [3.63, 3.8) is 0 Å². The molecule has 0 radical (unpaired) electrons. The van der Waals surface area contributed by atoms with E-state index in [1.54, 1.807) is 25.4 Å². The molecule has 0 bridgehead atoms. The van der Waals surface area contributed by atoms with Gasteiger partial charge in [0.15, 0.2) is 0 Å². The number of rotatable bonds is 1. The molecule has 4 heteroatoms. The van der Waals surface area contributed by atoms with Gasteiger partial charge < -0.3 is 5.32 Å². The van der Waals surface area contributed by atoms with Gasteiger partial charge >= 0.3 is 0 Å². The molecule has 0 aliphatic rings. The predicted molar refractivity (Wildman–Crippen MR) is 44.9 cm³/mol. The third-order valence-corrected chi connectivity index (χ3v) is 1.48. The molecular formula is C7H8N2OS. The number of nitrogens with one attached hydrogen (secondary N) is 1. The van der Waals surface area contributed by atoms with Gasteiger partial charge in [-0.05, 0) is 12.1 Å². The highest BCUT2D eigenvalue weighted by molar-refractivity contribution is 7.80. The van der Waals surface area contributed by atoms with E-state index in [0.29, 0.717) is 5.69 Å². The quantitative estimate of drug-likeness (QED) is 0.607. The first-order valence-electron chi connectivity index (χ1n) is 3.11. The molecule has 1 rings (SSSR count). The Labute approximate surface area is 70.2 Å². The van der Waals surface area contributed by atoms with E-state index in [9.17, 15) is 4.79 Å². The highest BCUT2D eigenvalue weighted by Crippen LogP contribution is 2.04. The van der Waals surface area contributed by atoms with Gasteiger partial charge in [-0.15, -0.1) is 12.6 Å². The van der Waals surface area contributed by atoms with Gasteiger partial charge in [-0.2, -0.15) is 0 Å². The van der Waals surface area contributed by atoms with Gasteiger partial charge in [-0.3, -0.25) is 9.78 Å². The number of nitrogens with zero attached hydrogens (tertiary/aromatic N) is 1. The Hall–Kier alpha value is -1.03. The van der Waals surface area contributed by atoms with E-state index < -0.39 is 0 Å². The van der Waals surface area contributed by atoms with E-state index in [2.05, 4.69) is 22.9 Å². The average molecular weight is 168 g/mol. The third kappa shape index (κ3) is 1.94. The van der Waals surface area contributed by atoms with Crippen molar-refractivity contribution in [2.75, 3.05) is 7.05 Å². The molecule has 0 aliphatic heterocycles. The molecule has 0 spiro atoms. The molecule has 0 aromatic carbocycles.